The van der Waals surface area contributed by atoms with E-state index in [1.165, 1.54) is 38.4 Å². The Labute approximate surface area is 136 Å². The zero-order chi connectivity index (χ0) is 15.2. The lowest BCUT2D eigenvalue weighted by Crippen LogP contribution is -2.37. The highest BCUT2D eigenvalue weighted by Gasteiger charge is 2.15. The van der Waals surface area contributed by atoms with Crippen LogP contribution in [0.15, 0.2) is 22.7 Å². The Hall–Kier alpha value is -0.450. The lowest BCUT2D eigenvalue weighted by molar-refractivity contribution is 0.197. The van der Waals surface area contributed by atoms with Crippen LogP contribution >= 0.6 is 15.9 Å². The van der Waals surface area contributed by atoms with Gasteiger partial charge in [0.15, 0.2) is 0 Å². The summed E-state index contributed by atoms with van der Waals surface area (Å²) in [5, 5.41) is 3.47. The topological polar surface area (TPSA) is 15.3 Å². The number of nitrogens with one attached hydrogen (secondary N) is 1. The molecule has 1 aliphatic rings. The largest absolute Gasteiger partial charge is 0.310 e. The van der Waals surface area contributed by atoms with Crippen molar-refractivity contribution in [3.05, 3.63) is 34.1 Å². The van der Waals surface area contributed by atoms with Crippen LogP contribution in [0.1, 0.15) is 44.7 Å². The molecule has 1 aliphatic heterocycles. The zero-order valence-corrected chi connectivity index (χ0v) is 14.6. The first-order valence-corrected chi connectivity index (χ1v) is 8.76. The van der Waals surface area contributed by atoms with Crippen LogP contribution in [0.4, 0.5) is 4.39 Å². The minimum atomic E-state index is -0.137. The van der Waals surface area contributed by atoms with Crippen molar-refractivity contribution in [2.75, 3.05) is 26.2 Å². The molecular formula is C17H26BrFN2. The minimum Gasteiger partial charge on any atom is -0.310 e. The molecule has 0 amide bonds. The Morgan fingerprint density at radius 1 is 1.24 bits per heavy atom. The van der Waals surface area contributed by atoms with Gasteiger partial charge in [-0.15, -0.1) is 0 Å². The van der Waals surface area contributed by atoms with E-state index in [2.05, 4.69) is 33.1 Å². The third-order valence-electron chi connectivity index (χ3n) is 4.22. The van der Waals surface area contributed by atoms with Crippen molar-refractivity contribution in [2.45, 2.75) is 39.2 Å². The van der Waals surface area contributed by atoms with E-state index in [0.717, 1.165) is 23.1 Å². The third kappa shape index (κ3) is 5.35. The molecule has 0 bridgehead atoms. The van der Waals surface area contributed by atoms with Gasteiger partial charge in [-0.2, -0.15) is 0 Å². The van der Waals surface area contributed by atoms with Gasteiger partial charge in [-0.05, 0) is 63.5 Å². The summed E-state index contributed by atoms with van der Waals surface area (Å²) in [7, 11) is 0. The monoisotopic (exact) mass is 356 g/mol. The summed E-state index contributed by atoms with van der Waals surface area (Å²) in [6, 6.07) is 5.16. The lowest BCUT2D eigenvalue weighted by atomic mass is 10.1. The maximum absolute atomic E-state index is 13.8. The molecule has 0 radical (unpaired) electrons. The number of hydrogen-bond donors (Lipinski definition) is 1. The zero-order valence-electron chi connectivity index (χ0n) is 13.0. The highest BCUT2D eigenvalue weighted by Crippen LogP contribution is 2.21. The van der Waals surface area contributed by atoms with Gasteiger partial charge in [-0.1, -0.05) is 29.3 Å². The Kier molecular flexibility index (Phi) is 6.65. The van der Waals surface area contributed by atoms with Crippen LogP contribution in [0.2, 0.25) is 0 Å². The van der Waals surface area contributed by atoms with Crippen LogP contribution in [0, 0.1) is 11.7 Å². The molecule has 21 heavy (non-hydrogen) atoms. The van der Waals surface area contributed by atoms with Gasteiger partial charge in [0.2, 0.25) is 0 Å². The normalized spacial score (nSPS) is 19.4. The maximum atomic E-state index is 13.8. The predicted molar refractivity (Wildman–Crippen MR) is 90.0 cm³/mol. The van der Waals surface area contributed by atoms with E-state index >= 15 is 0 Å². The molecule has 1 N–H and O–H groups in total. The van der Waals surface area contributed by atoms with Gasteiger partial charge < -0.3 is 10.2 Å². The van der Waals surface area contributed by atoms with Crippen LogP contribution < -0.4 is 5.32 Å². The van der Waals surface area contributed by atoms with E-state index in [4.69, 9.17) is 0 Å². The number of hydrogen-bond acceptors (Lipinski definition) is 2. The van der Waals surface area contributed by atoms with Gasteiger partial charge in [0.05, 0.1) is 0 Å². The molecule has 2 unspecified atom stereocenters. The number of piperidine rings is 1. The summed E-state index contributed by atoms with van der Waals surface area (Å²) < 4.78 is 14.8. The number of likely N-dealkylation sites (tertiary alicyclic amines) is 1. The van der Waals surface area contributed by atoms with Crippen molar-refractivity contribution in [3.63, 3.8) is 0 Å². The summed E-state index contributed by atoms with van der Waals surface area (Å²) in [5.74, 6) is 0.447. The quantitative estimate of drug-likeness (QED) is 0.814. The molecule has 0 saturated carbocycles. The third-order valence-corrected chi connectivity index (χ3v) is 4.71. The van der Waals surface area contributed by atoms with E-state index < -0.39 is 0 Å². The van der Waals surface area contributed by atoms with Gasteiger partial charge in [-0.3, -0.25) is 0 Å². The Balaban J connectivity index is 1.79. The van der Waals surface area contributed by atoms with Crippen molar-refractivity contribution in [3.8, 4) is 0 Å². The highest BCUT2D eigenvalue weighted by atomic mass is 79.9. The predicted octanol–water partition coefficient (Wildman–Crippen LogP) is 4.36. The highest BCUT2D eigenvalue weighted by molar-refractivity contribution is 9.10. The van der Waals surface area contributed by atoms with Crippen molar-refractivity contribution in [2.24, 2.45) is 5.92 Å². The molecule has 2 rings (SSSR count). The summed E-state index contributed by atoms with van der Waals surface area (Å²) in [5.41, 5.74) is 0.731. The molecule has 0 aliphatic carbocycles. The van der Waals surface area contributed by atoms with E-state index in [9.17, 15) is 4.39 Å². The number of nitrogens with zero attached hydrogens (tertiary/aromatic N) is 1. The van der Waals surface area contributed by atoms with Crippen molar-refractivity contribution in [1.82, 2.24) is 10.2 Å². The molecule has 0 aromatic heterocycles. The molecular weight excluding hydrogens is 331 g/mol. The average molecular weight is 357 g/mol. The molecule has 1 heterocycles. The summed E-state index contributed by atoms with van der Waals surface area (Å²) in [4.78, 5) is 2.56. The second-order valence-electron chi connectivity index (χ2n) is 6.26. The molecule has 118 valence electrons. The van der Waals surface area contributed by atoms with E-state index in [-0.39, 0.29) is 11.9 Å². The van der Waals surface area contributed by atoms with Crippen LogP contribution in [0.3, 0.4) is 0 Å². The van der Waals surface area contributed by atoms with Crippen LogP contribution in [-0.2, 0) is 0 Å². The molecule has 2 atom stereocenters. The number of rotatable bonds is 6. The van der Waals surface area contributed by atoms with Crippen molar-refractivity contribution < 1.29 is 4.39 Å². The van der Waals surface area contributed by atoms with E-state index in [1.54, 1.807) is 6.07 Å². The van der Waals surface area contributed by atoms with Gasteiger partial charge in [0.25, 0.3) is 0 Å². The van der Waals surface area contributed by atoms with Crippen molar-refractivity contribution >= 4 is 15.9 Å². The van der Waals surface area contributed by atoms with Crippen LogP contribution in [-0.4, -0.2) is 31.1 Å². The van der Waals surface area contributed by atoms with Crippen molar-refractivity contribution in [1.29, 1.82) is 0 Å². The standard InChI is InChI=1S/C17H26BrFN2/c1-13(12-21-8-4-3-5-9-21)11-20-14(2)16-10-15(18)6-7-17(16)19/h6-7,10,13-14,20H,3-5,8-9,11-12H2,1-2H3. The number of halogens is 2. The molecule has 0 spiro atoms. The summed E-state index contributed by atoms with van der Waals surface area (Å²) >= 11 is 3.41. The molecule has 1 aromatic carbocycles. The molecule has 4 heteroatoms. The molecule has 2 nitrogen and oxygen atoms in total. The van der Waals surface area contributed by atoms with Gasteiger partial charge in [0.1, 0.15) is 5.82 Å². The first-order valence-electron chi connectivity index (χ1n) is 7.97. The fourth-order valence-electron chi connectivity index (χ4n) is 2.98. The fraction of sp³-hybridized carbons (Fsp3) is 0.647. The van der Waals surface area contributed by atoms with Gasteiger partial charge in [0, 0.05) is 22.6 Å². The molecule has 1 saturated heterocycles. The first-order chi connectivity index (χ1) is 10.1. The Morgan fingerprint density at radius 2 is 1.95 bits per heavy atom. The molecule has 1 aromatic rings. The second-order valence-corrected chi connectivity index (χ2v) is 7.18. The summed E-state index contributed by atoms with van der Waals surface area (Å²) in [6.07, 6.45) is 4.04. The molecule has 1 fully saturated rings. The Morgan fingerprint density at radius 3 is 2.67 bits per heavy atom. The SMILES string of the molecule is CC(CNC(C)c1cc(Br)ccc1F)CN1CCCCC1. The lowest BCUT2D eigenvalue weighted by Gasteiger charge is -2.29. The van der Waals surface area contributed by atoms with Gasteiger partial charge >= 0.3 is 0 Å². The summed E-state index contributed by atoms with van der Waals surface area (Å²) in [6.45, 7) is 8.83. The maximum Gasteiger partial charge on any atom is 0.128 e. The fourth-order valence-corrected chi connectivity index (χ4v) is 3.36. The van der Waals surface area contributed by atoms with Crippen LogP contribution in [0.25, 0.3) is 0 Å². The van der Waals surface area contributed by atoms with E-state index in [1.807, 2.05) is 13.0 Å². The number of benzene rings is 1. The minimum absolute atomic E-state index is 0.0336. The van der Waals surface area contributed by atoms with Gasteiger partial charge in [-0.25, -0.2) is 4.39 Å². The Bertz CT molecular complexity index is 446. The average Bonchev–Trinajstić information content (AvgIpc) is 2.48. The second kappa shape index (κ2) is 8.25. The smallest absolute Gasteiger partial charge is 0.128 e. The van der Waals surface area contributed by atoms with E-state index in [0.29, 0.717) is 5.92 Å². The first kappa shape index (κ1) is 16.9. The van der Waals surface area contributed by atoms with Crippen LogP contribution in [0.5, 0.6) is 0 Å².